The second kappa shape index (κ2) is 4.89. The molecule has 4 heteroatoms. The summed E-state index contributed by atoms with van der Waals surface area (Å²) in [5.74, 6) is 0. The first-order chi connectivity index (χ1) is 7.77. The van der Waals surface area contributed by atoms with E-state index in [1.165, 1.54) is 20.9 Å². The molecule has 2 rings (SSSR count). The molecule has 0 aliphatic heterocycles. The normalized spacial score (nSPS) is 10.6. The van der Waals surface area contributed by atoms with Gasteiger partial charge in [0.05, 0.1) is 9.21 Å². The minimum atomic E-state index is 0.910. The lowest BCUT2D eigenvalue weighted by atomic mass is 10.0. The summed E-state index contributed by atoms with van der Waals surface area (Å²) in [6, 6.07) is 4.03. The van der Waals surface area contributed by atoms with Gasteiger partial charge < -0.3 is 5.73 Å². The number of nitrogens with zero attached hydrogens (tertiary/aromatic N) is 1. The number of thiophene rings is 1. The van der Waals surface area contributed by atoms with Crippen molar-refractivity contribution in [1.29, 1.82) is 0 Å². The molecule has 0 bridgehead atoms. The fourth-order valence-electron chi connectivity index (χ4n) is 1.78. The summed E-state index contributed by atoms with van der Waals surface area (Å²) in [5.41, 5.74) is 9.83. The Kier molecular flexibility index (Phi) is 3.51. The van der Waals surface area contributed by atoms with E-state index >= 15 is 0 Å². The Morgan fingerprint density at radius 2 is 2.06 bits per heavy atom. The lowest BCUT2D eigenvalue weighted by Crippen LogP contribution is -1.89. The largest absolute Gasteiger partial charge is 0.390 e. The van der Waals surface area contributed by atoms with Crippen LogP contribution in [0.2, 0.25) is 0 Å². The molecule has 0 radical (unpaired) electrons. The van der Waals surface area contributed by atoms with E-state index in [-0.39, 0.29) is 0 Å². The third-order valence-electron chi connectivity index (χ3n) is 2.51. The van der Waals surface area contributed by atoms with Gasteiger partial charge in [0.15, 0.2) is 0 Å². The van der Waals surface area contributed by atoms with Gasteiger partial charge in [0.1, 0.15) is 0 Å². The standard InChI is InChI=1S/C12H14N2S2/c1-3-9-10(8-4-6-14-7-5-8)11(13)16-12(9)15-2/h4-7H,3,13H2,1-2H3. The molecule has 2 aromatic heterocycles. The molecule has 2 N–H and O–H groups in total. The summed E-state index contributed by atoms with van der Waals surface area (Å²) in [4.78, 5) is 4.04. The number of thioether (sulfide) groups is 1. The van der Waals surface area contributed by atoms with E-state index in [4.69, 9.17) is 5.73 Å². The number of rotatable bonds is 3. The SMILES string of the molecule is CCc1c(SC)sc(N)c1-c1ccncc1. The summed E-state index contributed by atoms with van der Waals surface area (Å²) >= 11 is 3.45. The Morgan fingerprint density at radius 1 is 1.38 bits per heavy atom. The number of anilines is 1. The summed E-state index contributed by atoms with van der Waals surface area (Å²) < 4.78 is 1.33. The highest BCUT2D eigenvalue weighted by Gasteiger charge is 2.15. The molecule has 0 amide bonds. The molecule has 16 heavy (non-hydrogen) atoms. The number of hydrogen-bond donors (Lipinski definition) is 1. The number of nitrogens with two attached hydrogens (primary N) is 1. The number of nitrogen functional groups attached to an aromatic ring is 1. The van der Waals surface area contributed by atoms with Gasteiger partial charge in [-0.15, -0.1) is 23.1 Å². The van der Waals surface area contributed by atoms with E-state index in [2.05, 4.69) is 18.2 Å². The van der Waals surface area contributed by atoms with E-state index in [0.29, 0.717) is 0 Å². The Labute approximate surface area is 104 Å². The fraction of sp³-hybridized carbons (Fsp3) is 0.250. The third-order valence-corrected chi connectivity index (χ3v) is 4.73. The van der Waals surface area contributed by atoms with Gasteiger partial charge in [-0.25, -0.2) is 0 Å². The molecule has 0 saturated heterocycles. The van der Waals surface area contributed by atoms with Crippen LogP contribution in [-0.4, -0.2) is 11.2 Å². The van der Waals surface area contributed by atoms with Crippen LogP contribution in [0.25, 0.3) is 11.1 Å². The first kappa shape index (κ1) is 11.5. The predicted molar refractivity (Wildman–Crippen MR) is 73.1 cm³/mol. The number of aromatic nitrogens is 1. The van der Waals surface area contributed by atoms with Crippen molar-refractivity contribution in [1.82, 2.24) is 4.98 Å². The van der Waals surface area contributed by atoms with Gasteiger partial charge >= 0.3 is 0 Å². The summed E-state index contributed by atoms with van der Waals surface area (Å²) in [5, 5.41) is 0.910. The molecule has 2 heterocycles. The van der Waals surface area contributed by atoms with Gasteiger partial charge in [0, 0.05) is 18.0 Å². The lowest BCUT2D eigenvalue weighted by molar-refractivity contribution is 1.12. The zero-order chi connectivity index (χ0) is 11.5. The first-order valence-corrected chi connectivity index (χ1v) is 7.17. The van der Waals surface area contributed by atoms with Crippen LogP contribution in [0.15, 0.2) is 28.7 Å². The maximum atomic E-state index is 6.11. The quantitative estimate of drug-likeness (QED) is 0.845. The van der Waals surface area contributed by atoms with Crippen molar-refractivity contribution in [3.8, 4) is 11.1 Å². The summed E-state index contributed by atoms with van der Waals surface area (Å²) in [7, 11) is 0. The van der Waals surface area contributed by atoms with Crippen LogP contribution in [-0.2, 0) is 6.42 Å². The van der Waals surface area contributed by atoms with Gasteiger partial charge in [0.2, 0.25) is 0 Å². The fourth-order valence-corrected chi connectivity index (χ4v) is 3.79. The van der Waals surface area contributed by atoms with Crippen LogP contribution in [0.3, 0.4) is 0 Å². The van der Waals surface area contributed by atoms with E-state index in [9.17, 15) is 0 Å². The Morgan fingerprint density at radius 3 is 2.62 bits per heavy atom. The molecule has 0 aliphatic carbocycles. The Bertz CT molecular complexity index is 477. The lowest BCUT2D eigenvalue weighted by Gasteiger charge is -2.04. The summed E-state index contributed by atoms with van der Waals surface area (Å²) in [6.07, 6.45) is 6.73. The van der Waals surface area contributed by atoms with Crippen molar-refractivity contribution in [2.24, 2.45) is 0 Å². The van der Waals surface area contributed by atoms with Gasteiger partial charge in [-0.3, -0.25) is 4.98 Å². The highest BCUT2D eigenvalue weighted by atomic mass is 32.2. The van der Waals surface area contributed by atoms with Gasteiger partial charge in [-0.1, -0.05) is 6.92 Å². The van der Waals surface area contributed by atoms with Crippen LogP contribution in [0.5, 0.6) is 0 Å². The number of pyridine rings is 1. The Balaban J connectivity index is 2.60. The van der Waals surface area contributed by atoms with Crippen molar-refractivity contribution in [2.75, 3.05) is 12.0 Å². The van der Waals surface area contributed by atoms with Crippen molar-refractivity contribution >= 4 is 28.1 Å². The highest BCUT2D eigenvalue weighted by molar-refractivity contribution is 8.00. The second-order valence-corrected chi connectivity index (χ2v) is 5.53. The minimum absolute atomic E-state index is 0.910. The van der Waals surface area contributed by atoms with Gasteiger partial charge in [0.25, 0.3) is 0 Å². The summed E-state index contributed by atoms with van der Waals surface area (Å²) in [6.45, 7) is 2.17. The second-order valence-electron chi connectivity index (χ2n) is 3.40. The topological polar surface area (TPSA) is 38.9 Å². The van der Waals surface area contributed by atoms with E-state index in [1.54, 1.807) is 23.1 Å². The molecule has 0 aliphatic rings. The molecular weight excluding hydrogens is 236 g/mol. The van der Waals surface area contributed by atoms with Crippen molar-refractivity contribution in [3.05, 3.63) is 30.1 Å². The molecule has 0 unspecified atom stereocenters. The molecule has 0 atom stereocenters. The molecule has 0 saturated carbocycles. The average molecular weight is 250 g/mol. The van der Waals surface area contributed by atoms with Gasteiger partial charge in [-0.05, 0) is 35.9 Å². The van der Waals surface area contributed by atoms with Crippen molar-refractivity contribution in [3.63, 3.8) is 0 Å². The van der Waals surface area contributed by atoms with E-state index in [0.717, 1.165) is 11.4 Å². The monoisotopic (exact) mass is 250 g/mol. The van der Waals surface area contributed by atoms with Crippen LogP contribution >= 0.6 is 23.1 Å². The predicted octanol–water partition coefficient (Wildman–Crippen LogP) is 3.68. The molecule has 0 fully saturated rings. The van der Waals surface area contributed by atoms with E-state index < -0.39 is 0 Å². The third kappa shape index (κ3) is 1.95. The van der Waals surface area contributed by atoms with Crippen molar-refractivity contribution < 1.29 is 0 Å². The average Bonchev–Trinajstić information content (AvgIpc) is 2.66. The highest BCUT2D eigenvalue weighted by Crippen LogP contribution is 2.43. The number of hydrogen-bond acceptors (Lipinski definition) is 4. The van der Waals surface area contributed by atoms with Crippen LogP contribution < -0.4 is 5.73 Å². The smallest absolute Gasteiger partial charge is 0.0950 e. The molecule has 0 spiro atoms. The van der Waals surface area contributed by atoms with E-state index in [1.807, 2.05) is 24.5 Å². The first-order valence-electron chi connectivity index (χ1n) is 5.13. The van der Waals surface area contributed by atoms with Gasteiger partial charge in [-0.2, -0.15) is 0 Å². The van der Waals surface area contributed by atoms with Crippen LogP contribution in [0.1, 0.15) is 12.5 Å². The molecule has 84 valence electrons. The Hall–Kier alpha value is -1.00. The molecular formula is C12H14N2S2. The van der Waals surface area contributed by atoms with Crippen LogP contribution in [0, 0.1) is 0 Å². The zero-order valence-corrected chi connectivity index (χ0v) is 11.0. The van der Waals surface area contributed by atoms with Crippen LogP contribution in [0.4, 0.5) is 5.00 Å². The zero-order valence-electron chi connectivity index (χ0n) is 9.36. The molecule has 0 aromatic carbocycles. The maximum Gasteiger partial charge on any atom is 0.0950 e. The maximum absolute atomic E-state index is 6.11. The molecule has 2 nitrogen and oxygen atoms in total. The minimum Gasteiger partial charge on any atom is -0.390 e. The van der Waals surface area contributed by atoms with Crippen molar-refractivity contribution in [2.45, 2.75) is 17.6 Å². The molecule has 2 aromatic rings.